The molecular formula is C14H17N3O. The molecule has 1 atom stereocenters. The Labute approximate surface area is 106 Å². The maximum Gasteiger partial charge on any atom is 0.238 e. The second-order valence-corrected chi connectivity index (χ2v) is 4.38. The molecule has 0 radical (unpaired) electrons. The van der Waals surface area contributed by atoms with Gasteiger partial charge < -0.3 is 5.73 Å². The third kappa shape index (κ3) is 2.50. The highest BCUT2D eigenvalue weighted by Gasteiger charge is 2.15. The number of benzene rings is 2. The van der Waals surface area contributed by atoms with Crippen LogP contribution in [-0.4, -0.2) is 18.0 Å². The fraction of sp³-hybridized carbons (Fsp3) is 0.214. The highest BCUT2D eigenvalue weighted by Crippen LogP contribution is 2.24. The van der Waals surface area contributed by atoms with Crippen molar-refractivity contribution in [3.05, 3.63) is 48.0 Å². The fourth-order valence-electron chi connectivity index (χ4n) is 2.02. The first-order chi connectivity index (χ1) is 8.59. The summed E-state index contributed by atoms with van der Waals surface area (Å²) in [4.78, 5) is 11.6. The molecule has 94 valence electrons. The van der Waals surface area contributed by atoms with Crippen LogP contribution in [0.3, 0.4) is 0 Å². The van der Waals surface area contributed by atoms with Crippen molar-refractivity contribution >= 4 is 16.7 Å². The summed E-state index contributed by atoms with van der Waals surface area (Å²) in [6.45, 7) is 0. The van der Waals surface area contributed by atoms with E-state index in [-0.39, 0.29) is 18.4 Å². The molecule has 4 heteroatoms. The van der Waals surface area contributed by atoms with Gasteiger partial charge in [0.1, 0.15) is 0 Å². The van der Waals surface area contributed by atoms with Gasteiger partial charge in [0, 0.05) is 19.5 Å². The van der Waals surface area contributed by atoms with Crippen molar-refractivity contribution in [2.24, 2.45) is 11.6 Å². The first-order valence-electron chi connectivity index (χ1n) is 5.84. The standard InChI is InChI=1S/C14H17N3O/c1-17(16)14(18)9-13(15)12-8-4-6-10-5-2-3-7-11(10)12/h2-8,13H,9,15-16H2,1H3. The largest absolute Gasteiger partial charge is 0.324 e. The van der Waals surface area contributed by atoms with Crippen LogP contribution in [0.2, 0.25) is 0 Å². The zero-order valence-electron chi connectivity index (χ0n) is 10.3. The van der Waals surface area contributed by atoms with Crippen molar-refractivity contribution in [3.63, 3.8) is 0 Å². The normalized spacial score (nSPS) is 12.4. The van der Waals surface area contributed by atoms with Gasteiger partial charge in [-0.2, -0.15) is 0 Å². The molecule has 0 fully saturated rings. The molecule has 0 aliphatic heterocycles. The molecule has 0 heterocycles. The smallest absolute Gasteiger partial charge is 0.238 e. The summed E-state index contributed by atoms with van der Waals surface area (Å²) in [7, 11) is 1.53. The number of carbonyl (C=O) groups is 1. The monoisotopic (exact) mass is 243 g/mol. The summed E-state index contributed by atoms with van der Waals surface area (Å²) in [5.74, 6) is 5.23. The highest BCUT2D eigenvalue weighted by molar-refractivity contribution is 5.87. The lowest BCUT2D eigenvalue weighted by Gasteiger charge is -2.16. The van der Waals surface area contributed by atoms with E-state index in [0.717, 1.165) is 21.3 Å². The number of hydrogen-bond donors (Lipinski definition) is 2. The van der Waals surface area contributed by atoms with Crippen LogP contribution in [0.25, 0.3) is 10.8 Å². The molecule has 0 spiro atoms. The predicted molar refractivity (Wildman–Crippen MR) is 72.5 cm³/mol. The van der Waals surface area contributed by atoms with Crippen molar-refractivity contribution in [2.75, 3.05) is 7.05 Å². The molecule has 4 N–H and O–H groups in total. The van der Waals surface area contributed by atoms with Crippen molar-refractivity contribution < 1.29 is 4.79 Å². The number of fused-ring (bicyclic) bond motifs is 1. The lowest BCUT2D eigenvalue weighted by Crippen LogP contribution is -2.35. The number of rotatable bonds is 3. The lowest BCUT2D eigenvalue weighted by atomic mass is 9.97. The van der Waals surface area contributed by atoms with E-state index in [0.29, 0.717) is 0 Å². The molecule has 1 unspecified atom stereocenters. The van der Waals surface area contributed by atoms with Gasteiger partial charge in [0.2, 0.25) is 5.91 Å². The molecule has 0 aliphatic carbocycles. The number of amides is 1. The topological polar surface area (TPSA) is 72.3 Å². The average molecular weight is 243 g/mol. The van der Waals surface area contributed by atoms with E-state index in [2.05, 4.69) is 0 Å². The molecule has 1 amide bonds. The Kier molecular flexibility index (Phi) is 3.60. The van der Waals surface area contributed by atoms with Crippen LogP contribution in [0.15, 0.2) is 42.5 Å². The van der Waals surface area contributed by atoms with Crippen molar-refractivity contribution in [1.29, 1.82) is 0 Å². The van der Waals surface area contributed by atoms with Gasteiger partial charge in [-0.3, -0.25) is 9.80 Å². The minimum atomic E-state index is -0.338. The Morgan fingerprint density at radius 1 is 1.22 bits per heavy atom. The van der Waals surface area contributed by atoms with E-state index >= 15 is 0 Å². The van der Waals surface area contributed by atoms with Crippen molar-refractivity contribution in [2.45, 2.75) is 12.5 Å². The van der Waals surface area contributed by atoms with Crippen LogP contribution in [-0.2, 0) is 4.79 Å². The summed E-state index contributed by atoms with van der Waals surface area (Å²) in [6, 6.07) is 13.6. The van der Waals surface area contributed by atoms with Crippen LogP contribution in [0, 0.1) is 0 Å². The Morgan fingerprint density at radius 2 is 1.89 bits per heavy atom. The maximum atomic E-state index is 11.6. The number of hydrazine groups is 1. The fourth-order valence-corrected chi connectivity index (χ4v) is 2.02. The Bertz CT molecular complexity index is 560. The van der Waals surface area contributed by atoms with Crippen LogP contribution in [0.1, 0.15) is 18.0 Å². The van der Waals surface area contributed by atoms with Gasteiger partial charge in [-0.15, -0.1) is 0 Å². The Morgan fingerprint density at radius 3 is 2.61 bits per heavy atom. The van der Waals surface area contributed by atoms with E-state index in [9.17, 15) is 4.79 Å². The van der Waals surface area contributed by atoms with Crippen molar-refractivity contribution in [1.82, 2.24) is 5.01 Å². The molecular weight excluding hydrogens is 226 g/mol. The quantitative estimate of drug-likeness (QED) is 0.488. The third-order valence-electron chi connectivity index (χ3n) is 3.01. The van der Waals surface area contributed by atoms with Crippen LogP contribution < -0.4 is 11.6 Å². The zero-order valence-corrected chi connectivity index (χ0v) is 10.3. The van der Waals surface area contributed by atoms with Gasteiger partial charge in [-0.05, 0) is 16.3 Å². The summed E-state index contributed by atoms with van der Waals surface area (Å²) >= 11 is 0. The molecule has 2 aromatic carbocycles. The minimum absolute atomic E-state index is 0.171. The van der Waals surface area contributed by atoms with Gasteiger partial charge in [0.25, 0.3) is 0 Å². The van der Waals surface area contributed by atoms with E-state index in [1.807, 2.05) is 42.5 Å². The molecule has 18 heavy (non-hydrogen) atoms. The number of nitrogens with two attached hydrogens (primary N) is 2. The van der Waals surface area contributed by atoms with Gasteiger partial charge in [0.05, 0.1) is 0 Å². The second-order valence-electron chi connectivity index (χ2n) is 4.38. The summed E-state index contributed by atoms with van der Waals surface area (Å²) in [6.07, 6.45) is 0.209. The van der Waals surface area contributed by atoms with Gasteiger partial charge >= 0.3 is 0 Å². The average Bonchev–Trinajstić information content (AvgIpc) is 2.37. The molecule has 0 saturated carbocycles. The zero-order chi connectivity index (χ0) is 13.1. The van der Waals surface area contributed by atoms with Gasteiger partial charge in [-0.1, -0.05) is 42.5 Å². The predicted octanol–water partition coefficient (Wildman–Crippen LogP) is 1.56. The molecule has 0 bridgehead atoms. The van der Waals surface area contributed by atoms with Gasteiger partial charge in [0.15, 0.2) is 0 Å². The minimum Gasteiger partial charge on any atom is -0.324 e. The van der Waals surface area contributed by atoms with E-state index in [4.69, 9.17) is 11.6 Å². The van der Waals surface area contributed by atoms with E-state index < -0.39 is 0 Å². The SMILES string of the molecule is CN(N)C(=O)CC(N)c1cccc2ccccc12. The maximum absolute atomic E-state index is 11.6. The summed E-state index contributed by atoms with van der Waals surface area (Å²) in [5.41, 5.74) is 7.07. The molecule has 0 aliphatic rings. The van der Waals surface area contributed by atoms with Crippen LogP contribution >= 0.6 is 0 Å². The molecule has 2 rings (SSSR count). The van der Waals surface area contributed by atoms with Crippen LogP contribution in [0.4, 0.5) is 0 Å². The number of hydrogen-bond acceptors (Lipinski definition) is 3. The van der Waals surface area contributed by atoms with Crippen molar-refractivity contribution in [3.8, 4) is 0 Å². The lowest BCUT2D eigenvalue weighted by molar-refractivity contribution is -0.130. The van der Waals surface area contributed by atoms with E-state index in [1.165, 1.54) is 7.05 Å². The molecule has 4 nitrogen and oxygen atoms in total. The summed E-state index contributed by atoms with van der Waals surface area (Å²) in [5, 5.41) is 3.28. The first-order valence-corrected chi connectivity index (χ1v) is 5.84. The third-order valence-corrected chi connectivity index (χ3v) is 3.01. The highest BCUT2D eigenvalue weighted by atomic mass is 16.2. The Balaban J connectivity index is 2.33. The molecule has 0 aromatic heterocycles. The number of nitrogens with zero attached hydrogens (tertiary/aromatic N) is 1. The Hall–Kier alpha value is -1.91. The van der Waals surface area contributed by atoms with E-state index in [1.54, 1.807) is 0 Å². The first kappa shape index (κ1) is 12.5. The van der Waals surface area contributed by atoms with Crippen LogP contribution in [0.5, 0.6) is 0 Å². The molecule has 0 saturated heterocycles. The number of carbonyl (C=O) groups excluding carboxylic acids is 1. The summed E-state index contributed by atoms with van der Waals surface area (Å²) < 4.78 is 0. The second kappa shape index (κ2) is 5.16. The van der Waals surface area contributed by atoms with Gasteiger partial charge in [-0.25, -0.2) is 5.84 Å². The molecule has 2 aromatic rings.